The maximum Gasteiger partial charge on any atom is 0.289 e. The lowest BCUT2D eigenvalue weighted by atomic mass is 9.99. The molecule has 0 spiro atoms. The third-order valence-corrected chi connectivity index (χ3v) is 4.02. The van der Waals surface area contributed by atoms with E-state index in [0.29, 0.717) is 11.7 Å². The SMILES string of the molecule is O=C(c1ccc(Cl)o1)N1CCC(CBr)CC1. The van der Waals surface area contributed by atoms with Crippen LogP contribution in [0.1, 0.15) is 23.4 Å². The number of carbonyl (C=O) groups excluding carboxylic acids is 1. The Morgan fingerprint density at radius 2 is 2.19 bits per heavy atom. The summed E-state index contributed by atoms with van der Waals surface area (Å²) >= 11 is 9.12. The van der Waals surface area contributed by atoms with Gasteiger partial charge in [0, 0.05) is 18.4 Å². The van der Waals surface area contributed by atoms with Crippen molar-refractivity contribution in [2.75, 3.05) is 18.4 Å². The largest absolute Gasteiger partial charge is 0.440 e. The summed E-state index contributed by atoms with van der Waals surface area (Å²) in [7, 11) is 0. The first-order valence-corrected chi connectivity index (χ1v) is 6.81. The summed E-state index contributed by atoms with van der Waals surface area (Å²) in [6, 6.07) is 3.22. The second-order valence-corrected chi connectivity index (χ2v) is 5.01. The minimum Gasteiger partial charge on any atom is -0.440 e. The normalized spacial score (nSPS) is 17.8. The van der Waals surface area contributed by atoms with Crippen LogP contribution in [0.2, 0.25) is 5.22 Å². The van der Waals surface area contributed by atoms with Gasteiger partial charge in [0.15, 0.2) is 11.0 Å². The van der Waals surface area contributed by atoms with E-state index in [4.69, 9.17) is 16.0 Å². The standard InChI is InChI=1S/C11H13BrClNO2/c12-7-8-3-5-14(6-4-8)11(15)9-1-2-10(13)16-9/h1-2,8H,3-7H2. The molecular formula is C11H13BrClNO2. The summed E-state index contributed by atoms with van der Waals surface area (Å²) in [5.74, 6) is 0.964. The molecule has 0 bridgehead atoms. The Hall–Kier alpha value is -0.480. The summed E-state index contributed by atoms with van der Waals surface area (Å²) in [6.07, 6.45) is 2.09. The van der Waals surface area contributed by atoms with Crippen LogP contribution in [0.5, 0.6) is 0 Å². The van der Waals surface area contributed by atoms with Gasteiger partial charge in [-0.05, 0) is 42.5 Å². The molecule has 0 saturated carbocycles. The van der Waals surface area contributed by atoms with E-state index in [1.54, 1.807) is 12.1 Å². The van der Waals surface area contributed by atoms with Crippen LogP contribution in [0.15, 0.2) is 16.5 Å². The second-order valence-electron chi connectivity index (χ2n) is 3.99. The Labute approximate surface area is 108 Å². The highest BCUT2D eigenvalue weighted by molar-refractivity contribution is 9.09. The van der Waals surface area contributed by atoms with Gasteiger partial charge in [-0.15, -0.1) is 0 Å². The Balaban J connectivity index is 1.96. The lowest BCUT2D eigenvalue weighted by Crippen LogP contribution is -2.38. The van der Waals surface area contributed by atoms with Crippen molar-refractivity contribution in [3.63, 3.8) is 0 Å². The number of hydrogen-bond donors (Lipinski definition) is 0. The number of hydrogen-bond acceptors (Lipinski definition) is 2. The number of likely N-dealkylation sites (tertiary alicyclic amines) is 1. The first kappa shape index (κ1) is 12.0. The van der Waals surface area contributed by atoms with E-state index in [2.05, 4.69) is 15.9 Å². The molecule has 0 aromatic carbocycles. The van der Waals surface area contributed by atoms with Gasteiger partial charge in [-0.2, -0.15) is 0 Å². The van der Waals surface area contributed by atoms with Gasteiger partial charge in [-0.25, -0.2) is 0 Å². The van der Waals surface area contributed by atoms with E-state index in [-0.39, 0.29) is 11.1 Å². The molecule has 0 aliphatic carbocycles. The van der Waals surface area contributed by atoms with Gasteiger partial charge in [0.05, 0.1) is 0 Å². The molecule has 0 unspecified atom stereocenters. The van der Waals surface area contributed by atoms with Gasteiger partial charge in [-0.1, -0.05) is 15.9 Å². The van der Waals surface area contributed by atoms with Gasteiger partial charge in [-0.3, -0.25) is 4.79 Å². The van der Waals surface area contributed by atoms with E-state index in [0.717, 1.165) is 31.3 Å². The number of furan rings is 1. The predicted molar refractivity (Wildman–Crippen MR) is 66.1 cm³/mol. The van der Waals surface area contributed by atoms with Crippen LogP contribution in [0, 0.1) is 5.92 Å². The van der Waals surface area contributed by atoms with Crippen molar-refractivity contribution in [2.45, 2.75) is 12.8 Å². The van der Waals surface area contributed by atoms with Crippen molar-refractivity contribution in [1.82, 2.24) is 4.90 Å². The Kier molecular flexibility index (Phi) is 3.92. The van der Waals surface area contributed by atoms with Crippen LogP contribution in [0.3, 0.4) is 0 Å². The second kappa shape index (κ2) is 5.23. The molecule has 1 aliphatic rings. The lowest BCUT2D eigenvalue weighted by Gasteiger charge is -2.30. The minimum atomic E-state index is -0.0556. The molecule has 1 fully saturated rings. The molecule has 0 radical (unpaired) electrons. The first-order valence-electron chi connectivity index (χ1n) is 5.31. The number of halogens is 2. The summed E-state index contributed by atoms with van der Waals surface area (Å²) in [5, 5.41) is 1.28. The van der Waals surface area contributed by atoms with Crippen LogP contribution >= 0.6 is 27.5 Å². The maximum atomic E-state index is 12.0. The fourth-order valence-corrected chi connectivity index (χ4v) is 2.67. The topological polar surface area (TPSA) is 33.5 Å². The van der Waals surface area contributed by atoms with Crippen LogP contribution in [-0.4, -0.2) is 29.2 Å². The summed E-state index contributed by atoms with van der Waals surface area (Å²) in [4.78, 5) is 13.8. The van der Waals surface area contributed by atoms with Crippen LogP contribution in [0.25, 0.3) is 0 Å². The van der Waals surface area contributed by atoms with Gasteiger partial charge in [0.25, 0.3) is 5.91 Å². The fourth-order valence-electron chi connectivity index (χ4n) is 1.88. The molecule has 1 aromatic rings. The van der Waals surface area contributed by atoms with Crippen LogP contribution in [0.4, 0.5) is 0 Å². The molecule has 0 atom stereocenters. The summed E-state index contributed by atoms with van der Waals surface area (Å²) in [5.41, 5.74) is 0. The summed E-state index contributed by atoms with van der Waals surface area (Å²) in [6.45, 7) is 1.60. The zero-order chi connectivity index (χ0) is 11.5. The Morgan fingerprint density at radius 3 is 2.69 bits per heavy atom. The fraction of sp³-hybridized carbons (Fsp3) is 0.545. The molecule has 16 heavy (non-hydrogen) atoms. The average molecular weight is 307 g/mol. The monoisotopic (exact) mass is 305 g/mol. The van der Waals surface area contributed by atoms with E-state index in [1.165, 1.54) is 0 Å². The van der Waals surface area contributed by atoms with Crippen molar-refractivity contribution in [3.05, 3.63) is 23.1 Å². The predicted octanol–water partition coefficient (Wildman–Crippen LogP) is 3.18. The molecule has 0 N–H and O–H groups in total. The van der Waals surface area contributed by atoms with Gasteiger partial charge in [0.1, 0.15) is 0 Å². The number of rotatable bonds is 2. The number of piperidine rings is 1. The minimum absolute atomic E-state index is 0.0556. The molecule has 5 heteroatoms. The van der Waals surface area contributed by atoms with Crippen molar-refractivity contribution in [1.29, 1.82) is 0 Å². The first-order chi connectivity index (χ1) is 7.70. The van der Waals surface area contributed by atoms with E-state index in [1.807, 2.05) is 4.90 Å². The van der Waals surface area contributed by atoms with E-state index in [9.17, 15) is 4.79 Å². The van der Waals surface area contributed by atoms with Crippen molar-refractivity contribution >= 4 is 33.4 Å². The molecule has 88 valence electrons. The molecule has 2 rings (SSSR count). The highest BCUT2D eigenvalue weighted by Crippen LogP contribution is 2.22. The average Bonchev–Trinajstić information content (AvgIpc) is 2.75. The van der Waals surface area contributed by atoms with Crippen molar-refractivity contribution in [2.24, 2.45) is 5.92 Å². The third kappa shape index (κ3) is 2.61. The molecule has 1 aromatic heterocycles. The molecule has 3 nitrogen and oxygen atoms in total. The number of amides is 1. The molecule has 1 amide bonds. The molecular weight excluding hydrogens is 293 g/mol. The number of alkyl halides is 1. The third-order valence-electron chi connectivity index (χ3n) is 2.90. The highest BCUT2D eigenvalue weighted by atomic mass is 79.9. The Morgan fingerprint density at radius 1 is 1.50 bits per heavy atom. The van der Waals surface area contributed by atoms with Gasteiger partial charge < -0.3 is 9.32 Å². The van der Waals surface area contributed by atoms with E-state index >= 15 is 0 Å². The molecule has 1 saturated heterocycles. The van der Waals surface area contributed by atoms with Crippen LogP contribution < -0.4 is 0 Å². The van der Waals surface area contributed by atoms with Crippen LogP contribution in [-0.2, 0) is 0 Å². The zero-order valence-corrected chi connectivity index (χ0v) is 11.1. The molecule has 2 heterocycles. The molecule has 1 aliphatic heterocycles. The maximum absolute atomic E-state index is 12.0. The quantitative estimate of drug-likeness (QED) is 0.786. The summed E-state index contributed by atoms with van der Waals surface area (Å²) < 4.78 is 5.12. The van der Waals surface area contributed by atoms with E-state index < -0.39 is 0 Å². The lowest BCUT2D eigenvalue weighted by molar-refractivity contribution is 0.0667. The number of nitrogens with zero attached hydrogens (tertiary/aromatic N) is 1. The van der Waals surface area contributed by atoms with Crippen molar-refractivity contribution < 1.29 is 9.21 Å². The Bertz CT molecular complexity index is 372. The van der Waals surface area contributed by atoms with Gasteiger partial charge in [0.2, 0.25) is 0 Å². The zero-order valence-electron chi connectivity index (χ0n) is 8.79. The number of carbonyl (C=O) groups is 1. The van der Waals surface area contributed by atoms with Gasteiger partial charge >= 0.3 is 0 Å². The van der Waals surface area contributed by atoms with Crippen molar-refractivity contribution in [3.8, 4) is 0 Å². The smallest absolute Gasteiger partial charge is 0.289 e. The highest BCUT2D eigenvalue weighted by Gasteiger charge is 2.24.